The van der Waals surface area contributed by atoms with E-state index in [4.69, 9.17) is 11.6 Å². The van der Waals surface area contributed by atoms with Gasteiger partial charge in [0.05, 0.1) is 6.42 Å². The van der Waals surface area contributed by atoms with E-state index in [9.17, 15) is 4.79 Å². The highest BCUT2D eigenvalue weighted by atomic mass is 35.5. The van der Waals surface area contributed by atoms with Gasteiger partial charge in [-0.25, -0.2) is 0 Å². The Kier molecular flexibility index (Phi) is 5.19. The SMILES string of the molecule is CC(CCl)CNC(=O)Cc1ccccc1. The third-order valence-electron chi connectivity index (χ3n) is 2.12. The summed E-state index contributed by atoms with van der Waals surface area (Å²) in [6.07, 6.45) is 0.440. The fraction of sp³-hybridized carbons (Fsp3) is 0.417. The van der Waals surface area contributed by atoms with Gasteiger partial charge in [0.2, 0.25) is 5.91 Å². The van der Waals surface area contributed by atoms with Crippen molar-refractivity contribution in [2.45, 2.75) is 13.3 Å². The molecule has 0 radical (unpaired) electrons. The van der Waals surface area contributed by atoms with Crippen molar-refractivity contribution >= 4 is 17.5 Å². The zero-order chi connectivity index (χ0) is 11.1. The van der Waals surface area contributed by atoms with Gasteiger partial charge in [-0.15, -0.1) is 11.6 Å². The molecule has 0 bridgehead atoms. The zero-order valence-corrected chi connectivity index (χ0v) is 9.63. The number of carbonyl (C=O) groups is 1. The maximum Gasteiger partial charge on any atom is 0.224 e. The molecule has 0 saturated carbocycles. The van der Waals surface area contributed by atoms with Crippen LogP contribution in [0.15, 0.2) is 30.3 Å². The van der Waals surface area contributed by atoms with Crippen molar-refractivity contribution in [2.24, 2.45) is 5.92 Å². The second-order valence-corrected chi connectivity index (χ2v) is 4.03. The minimum Gasteiger partial charge on any atom is -0.356 e. The van der Waals surface area contributed by atoms with Gasteiger partial charge in [0.15, 0.2) is 0 Å². The van der Waals surface area contributed by atoms with Crippen molar-refractivity contribution in [1.82, 2.24) is 5.32 Å². The van der Waals surface area contributed by atoms with E-state index in [-0.39, 0.29) is 5.91 Å². The highest BCUT2D eigenvalue weighted by molar-refractivity contribution is 6.18. The summed E-state index contributed by atoms with van der Waals surface area (Å²) >= 11 is 5.64. The number of hydrogen-bond donors (Lipinski definition) is 1. The Morgan fingerprint density at radius 1 is 1.40 bits per heavy atom. The Balaban J connectivity index is 2.31. The minimum absolute atomic E-state index is 0.0539. The van der Waals surface area contributed by atoms with Crippen LogP contribution in [-0.2, 0) is 11.2 Å². The van der Waals surface area contributed by atoms with E-state index in [1.54, 1.807) is 0 Å². The van der Waals surface area contributed by atoms with Gasteiger partial charge < -0.3 is 5.32 Å². The summed E-state index contributed by atoms with van der Waals surface area (Å²) in [7, 11) is 0. The maximum absolute atomic E-state index is 11.5. The second-order valence-electron chi connectivity index (χ2n) is 3.73. The summed E-state index contributed by atoms with van der Waals surface area (Å²) in [5, 5.41) is 2.86. The average Bonchev–Trinajstić information content (AvgIpc) is 2.27. The Hall–Kier alpha value is -1.02. The van der Waals surface area contributed by atoms with Gasteiger partial charge in [0.1, 0.15) is 0 Å². The quantitative estimate of drug-likeness (QED) is 0.765. The summed E-state index contributed by atoms with van der Waals surface area (Å²) in [4.78, 5) is 11.5. The van der Waals surface area contributed by atoms with Gasteiger partial charge in [-0.1, -0.05) is 37.3 Å². The molecule has 15 heavy (non-hydrogen) atoms. The van der Waals surface area contributed by atoms with Crippen LogP contribution in [0.1, 0.15) is 12.5 Å². The minimum atomic E-state index is 0.0539. The molecule has 1 atom stereocenters. The maximum atomic E-state index is 11.5. The van der Waals surface area contributed by atoms with Crippen molar-refractivity contribution in [3.05, 3.63) is 35.9 Å². The normalized spacial score (nSPS) is 12.1. The highest BCUT2D eigenvalue weighted by Crippen LogP contribution is 2.00. The number of carbonyl (C=O) groups excluding carboxylic acids is 1. The Bertz CT molecular complexity index is 300. The van der Waals surface area contributed by atoms with Crippen LogP contribution >= 0.6 is 11.6 Å². The van der Waals surface area contributed by atoms with Crippen LogP contribution in [0, 0.1) is 5.92 Å². The molecule has 0 fully saturated rings. The molecule has 1 unspecified atom stereocenters. The Morgan fingerprint density at radius 3 is 2.67 bits per heavy atom. The first-order valence-corrected chi connectivity index (χ1v) is 5.62. The third kappa shape index (κ3) is 4.84. The first-order valence-electron chi connectivity index (χ1n) is 5.09. The van der Waals surface area contributed by atoms with Crippen LogP contribution in [-0.4, -0.2) is 18.3 Å². The number of benzene rings is 1. The van der Waals surface area contributed by atoms with Gasteiger partial charge in [0, 0.05) is 12.4 Å². The lowest BCUT2D eigenvalue weighted by Crippen LogP contribution is -2.30. The van der Waals surface area contributed by atoms with Crippen LogP contribution in [0.25, 0.3) is 0 Å². The van der Waals surface area contributed by atoms with Crippen molar-refractivity contribution in [3.63, 3.8) is 0 Å². The molecular formula is C12H16ClNO. The van der Waals surface area contributed by atoms with E-state index in [1.807, 2.05) is 37.3 Å². The summed E-state index contributed by atoms with van der Waals surface area (Å²) < 4.78 is 0. The standard InChI is InChI=1S/C12H16ClNO/c1-10(8-13)9-14-12(15)7-11-5-3-2-4-6-11/h2-6,10H,7-9H2,1H3,(H,14,15). The summed E-state index contributed by atoms with van der Waals surface area (Å²) in [5.74, 6) is 0.954. The number of halogens is 1. The molecule has 1 amide bonds. The highest BCUT2D eigenvalue weighted by Gasteiger charge is 2.04. The molecule has 1 N–H and O–H groups in total. The first-order chi connectivity index (χ1) is 7.22. The molecule has 1 aromatic carbocycles. The van der Waals surface area contributed by atoms with E-state index < -0.39 is 0 Å². The van der Waals surface area contributed by atoms with Gasteiger partial charge in [0.25, 0.3) is 0 Å². The molecule has 0 aromatic heterocycles. The monoisotopic (exact) mass is 225 g/mol. The fourth-order valence-corrected chi connectivity index (χ4v) is 1.30. The number of rotatable bonds is 5. The van der Waals surface area contributed by atoms with Gasteiger partial charge >= 0.3 is 0 Å². The van der Waals surface area contributed by atoms with E-state index in [0.29, 0.717) is 24.8 Å². The molecule has 2 nitrogen and oxygen atoms in total. The van der Waals surface area contributed by atoms with Crippen molar-refractivity contribution in [1.29, 1.82) is 0 Å². The lowest BCUT2D eigenvalue weighted by atomic mass is 10.1. The predicted octanol–water partition coefficient (Wildman–Crippen LogP) is 2.22. The van der Waals surface area contributed by atoms with E-state index in [1.165, 1.54) is 0 Å². The van der Waals surface area contributed by atoms with Crippen LogP contribution in [0.3, 0.4) is 0 Å². The van der Waals surface area contributed by atoms with Crippen molar-refractivity contribution in [3.8, 4) is 0 Å². The number of nitrogens with one attached hydrogen (secondary N) is 1. The Labute approximate surface area is 95.6 Å². The molecule has 82 valence electrons. The molecule has 1 aromatic rings. The third-order valence-corrected chi connectivity index (χ3v) is 2.65. The first kappa shape index (κ1) is 12.1. The molecule has 0 spiro atoms. The lowest BCUT2D eigenvalue weighted by Gasteiger charge is -2.09. The van der Waals surface area contributed by atoms with E-state index in [2.05, 4.69) is 5.32 Å². The summed E-state index contributed by atoms with van der Waals surface area (Å²) in [6.45, 7) is 2.66. The average molecular weight is 226 g/mol. The van der Waals surface area contributed by atoms with Crippen LogP contribution in [0.5, 0.6) is 0 Å². The van der Waals surface area contributed by atoms with E-state index in [0.717, 1.165) is 5.56 Å². The van der Waals surface area contributed by atoms with Crippen LogP contribution < -0.4 is 5.32 Å². The van der Waals surface area contributed by atoms with Gasteiger partial charge in [-0.3, -0.25) is 4.79 Å². The van der Waals surface area contributed by atoms with Crippen molar-refractivity contribution < 1.29 is 4.79 Å². The molecule has 1 rings (SSSR count). The number of hydrogen-bond acceptors (Lipinski definition) is 1. The molecule has 0 saturated heterocycles. The fourth-order valence-electron chi connectivity index (χ4n) is 1.19. The van der Waals surface area contributed by atoms with Crippen LogP contribution in [0.4, 0.5) is 0 Å². The molecular weight excluding hydrogens is 210 g/mol. The van der Waals surface area contributed by atoms with Gasteiger partial charge in [-0.05, 0) is 11.5 Å². The topological polar surface area (TPSA) is 29.1 Å². The lowest BCUT2D eigenvalue weighted by molar-refractivity contribution is -0.120. The molecule has 0 aliphatic carbocycles. The summed E-state index contributed by atoms with van der Waals surface area (Å²) in [5.41, 5.74) is 1.04. The molecule has 0 aliphatic heterocycles. The van der Waals surface area contributed by atoms with E-state index >= 15 is 0 Å². The summed E-state index contributed by atoms with van der Waals surface area (Å²) in [6, 6.07) is 9.71. The van der Waals surface area contributed by atoms with Gasteiger partial charge in [-0.2, -0.15) is 0 Å². The number of amides is 1. The van der Waals surface area contributed by atoms with Crippen molar-refractivity contribution in [2.75, 3.05) is 12.4 Å². The molecule has 0 aliphatic rings. The Morgan fingerprint density at radius 2 is 2.07 bits per heavy atom. The molecule has 0 heterocycles. The predicted molar refractivity (Wildman–Crippen MR) is 63.0 cm³/mol. The zero-order valence-electron chi connectivity index (χ0n) is 8.87. The molecule has 3 heteroatoms. The smallest absolute Gasteiger partial charge is 0.224 e. The second kappa shape index (κ2) is 6.46. The number of alkyl halides is 1. The van der Waals surface area contributed by atoms with Crippen LogP contribution in [0.2, 0.25) is 0 Å². The largest absolute Gasteiger partial charge is 0.356 e.